The number of nitrogens with zero attached hydrogens (tertiary/aromatic N) is 1. The highest BCUT2D eigenvalue weighted by Crippen LogP contribution is 2.17. The Hall–Kier alpha value is -2.01. The van der Waals surface area contributed by atoms with Gasteiger partial charge in [0.25, 0.3) is 5.56 Å². The summed E-state index contributed by atoms with van der Waals surface area (Å²) in [5.41, 5.74) is 6.05. The molecule has 18 heavy (non-hydrogen) atoms. The SMILES string of the molecule is NCCCc1cc(=O)[nH]c(-c2ccccc2F)n1. The van der Waals surface area contributed by atoms with Gasteiger partial charge in [0.1, 0.15) is 11.6 Å². The first kappa shape index (κ1) is 12.4. The Balaban J connectivity index is 2.42. The lowest BCUT2D eigenvalue weighted by atomic mass is 10.2. The molecule has 0 radical (unpaired) electrons. The van der Waals surface area contributed by atoms with Crippen molar-refractivity contribution in [2.75, 3.05) is 6.54 Å². The van der Waals surface area contributed by atoms with E-state index in [0.717, 1.165) is 6.42 Å². The Morgan fingerprint density at radius 3 is 2.83 bits per heavy atom. The summed E-state index contributed by atoms with van der Waals surface area (Å²) in [6.45, 7) is 0.531. The lowest BCUT2D eigenvalue weighted by molar-refractivity contribution is 0.629. The van der Waals surface area contributed by atoms with Crippen molar-refractivity contribution >= 4 is 0 Å². The molecule has 0 atom stereocenters. The number of nitrogens with two attached hydrogens (primary N) is 1. The van der Waals surface area contributed by atoms with Crippen LogP contribution in [0.5, 0.6) is 0 Å². The second-order valence-corrected chi connectivity index (χ2v) is 3.96. The van der Waals surface area contributed by atoms with Gasteiger partial charge in [0.05, 0.1) is 5.56 Å². The Labute approximate surface area is 104 Å². The van der Waals surface area contributed by atoms with Gasteiger partial charge in [-0.1, -0.05) is 12.1 Å². The Morgan fingerprint density at radius 2 is 2.11 bits per heavy atom. The molecule has 2 rings (SSSR count). The first-order valence-electron chi connectivity index (χ1n) is 5.76. The van der Waals surface area contributed by atoms with Crippen LogP contribution < -0.4 is 11.3 Å². The van der Waals surface area contributed by atoms with E-state index in [1.165, 1.54) is 12.1 Å². The first-order valence-corrected chi connectivity index (χ1v) is 5.76. The fourth-order valence-corrected chi connectivity index (χ4v) is 1.70. The van der Waals surface area contributed by atoms with Crippen molar-refractivity contribution in [1.29, 1.82) is 0 Å². The molecule has 4 nitrogen and oxygen atoms in total. The molecule has 0 aliphatic heterocycles. The summed E-state index contributed by atoms with van der Waals surface area (Å²) in [7, 11) is 0. The van der Waals surface area contributed by atoms with Crippen LogP contribution in [0.25, 0.3) is 11.4 Å². The molecule has 1 aromatic carbocycles. The molecule has 94 valence electrons. The Morgan fingerprint density at radius 1 is 1.33 bits per heavy atom. The smallest absolute Gasteiger partial charge is 0.251 e. The van der Waals surface area contributed by atoms with Crippen molar-refractivity contribution in [2.24, 2.45) is 5.73 Å². The molecule has 5 heteroatoms. The molecular formula is C13H14FN3O. The zero-order valence-electron chi connectivity index (χ0n) is 9.82. The molecule has 0 aliphatic carbocycles. The van der Waals surface area contributed by atoms with E-state index >= 15 is 0 Å². The highest BCUT2D eigenvalue weighted by Gasteiger charge is 2.08. The molecule has 1 heterocycles. The first-order chi connectivity index (χ1) is 8.70. The molecule has 0 amide bonds. The number of benzene rings is 1. The average Bonchev–Trinajstić information content (AvgIpc) is 2.36. The second kappa shape index (κ2) is 5.55. The summed E-state index contributed by atoms with van der Waals surface area (Å²) in [4.78, 5) is 18.3. The molecule has 0 unspecified atom stereocenters. The van der Waals surface area contributed by atoms with E-state index in [4.69, 9.17) is 5.73 Å². The predicted octanol–water partition coefficient (Wildman–Crippen LogP) is 1.47. The van der Waals surface area contributed by atoms with Crippen molar-refractivity contribution in [3.8, 4) is 11.4 Å². The van der Waals surface area contributed by atoms with Gasteiger partial charge >= 0.3 is 0 Å². The number of nitrogens with one attached hydrogen (secondary N) is 1. The van der Waals surface area contributed by atoms with Crippen LogP contribution in [0.1, 0.15) is 12.1 Å². The molecule has 0 saturated heterocycles. The van der Waals surface area contributed by atoms with Gasteiger partial charge in [-0.2, -0.15) is 0 Å². The number of H-pyrrole nitrogens is 1. The standard InChI is InChI=1S/C13H14FN3O/c14-11-6-2-1-5-10(11)13-16-9(4-3-7-15)8-12(18)17-13/h1-2,5-6,8H,3-4,7,15H2,(H,16,17,18). The van der Waals surface area contributed by atoms with Crippen LogP contribution in [0, 0.1) is 5.82 Å². The molecule has 0 fully saturated rings. The summed E-state index contributed by atoms with van der Waals surface area (Å²) in [5, 5.41) is 0. The molecule has 3 N–H and O–H groups in total. The fraction of sp³-hybridized carbons (Fsp3) is 0.231. The van der Waals surface area contributed by atoms with Crippen LogP contribution in [0.15, 0.2) is 35.1 Å². The molecule has 0 spiro atoms. The molecular weight excluding hydrogens is 233 g/mol. The molecule has 2 aromatic rings. The third-order valence-corrected chi connectivity index (χ3v) is 2.56. The van der Waals surface area contributed by atoms with Crippen LogP contribution in [0.2, 0.25) is 0 Å². The monoisotopic (exact) mass is 247 g/mol. The Kier molecular flexibility index (Phi) is 3.84. The number of aromatic amines is 1. The minimum absolute atomic E-state index is 0.257. The van der Waals surface area contributed by atoms with Gasteiger partial charge < -0.3 is 10.7 Å². The quantitative estimate of drug-likeness (QED) is 0.859. The van der Waals surface area contributed by atoms with Crippen molar-refractivity contribution in [3.63, 3.8) is 0 Å². The summed E-state index contributed by atoms with van der Waals surface area (Å²) in [5.74, 6) is -0.149. The normalized spacial score (nSPS) is 10.6. The topological polar surface area (TPSA) is 71.8 Å². The molecule has 0 aliphatic rings. The van der Waals surface area contributed by atoms with Gasteiger partial charge in [-0.15, -0.1) is 0 Å². The minimum atomic E-state index is -0.406. The largest absolute Gasteiger partial charge is 0.330 e. The zero-order chi connectivity index (χ0) is 13.0. The van der Waals surface area contributed by atoms with Gasteiger partial charge in [-0.3, -0.25) is 4.79 Å². The summed E-state index contributed by atoms with van der Waals surface area (Å²) >= 11 is 0. The van der Waals surface area contributed by atoms with Gasteiger partial charge in [-0.05, 0) is 31.5 Å². The number of aryl methyl sites for hydroxylation is 1. The zero-order valence-corrected chi connectivity index (χ0v) is 9.82. The lowest BCUT2D eigenvalue weighted by Crippen LogP contribution is -2.12. The van der Waals surface area contributed by atoms with Crippen LogP contribution in [-0.4, -0.2) is 16.5 Å². The molecule has 0 saturated carbocycles. The van der Waals surface area contributed by atoms with E-state index < -0.39 is 5.82 Å². The van der Waals surface area contributed by atoms with E-state index in [2.05, 4.69) is 9.97 Å². The number of hydrogen-bond acceptors (Lipinski definition) is 3. The Bertz CT molecular complexity index is 595. The highest BCUT2D eigenvalue weighted by atomic mass is 19.1. The van der Waals surface area contributed by atoms with E-state index in [1.54, 1.807) is 18.2 Å². The van der Waals surface area contributed by atoms with Crippen LogP contribution in [0.4, 0.5) is 4.39 Å². The average molecular weight is 247 g/mol. The lowest BCUT2D eigenvalue weighted by Gasteiger charge is -2.04. The van der Waals surface area contributed by atoms with Gasteiger partial charge in [0.2, 0.25) is 0 Å². The minimum Gasteiger partial charge on any atom is -0.330 e. The number of halogens is 1. The van der Waals surface area contributed by atoms with E-state index in [-0.39, 0.29) is 11.4 Å². The molecule has 0 bridgehead atoms. The highest BCUT2D eigenvalue weighted by molar-refractivity contribution is 5.55. The van der Waals surface area contributed by atoms with Crippen molar-refractivity contribution in [2.45, 2.75) is 12.8 Å². The number of rotatable bonds is 4. The summed E-state index contributed by atoms with van der Waals surface area (Å²) in [6, 6.07) is 7.63. The number of hydrogen-bond donors (Lipinski definition) is 2. The predicted molar refractivity (Wildman–Crippen MR) is 67.6 cm³/mol. The van der Waals surface area contributed by atoms with Crippen molar-refractivity contribution in [3.05, 3.63) is 52.2 Å². The maximum atomic E-state index is 13.6. The van der Waals surface area contributed by atoms with E-state index in [1.807, 2.05) is 0 Å². The maximum Gasteiger partial charge on any atom is 0.251 e. The van der Waals surface area contributed by atoms with E-state index in [9.17, 15) is 9.18 Å². The second-order valence-electron chi connectivity index (χ2n) is 3.96. The summed E-state index contributed by atoms with van der Waals surface area (Å²) in [6.07, 6.45) is 1.36. The van der Waals surface area contributed by atoms with Crippen molar-refractivity contribution in [1.82, 2.24) is 9.97 Å². The van der Waals surface area contributed by atoms with Gasteiger partial charge in [-0.25, -0.2) is 9.37 Å². The summed E-state index contributed by atoms with van der Waals surface area (Å²) < 4.78 is 13.6. The molecule has 1 aromatic heterocycles. The van der Waals surface area contributed by atoms with Crippen LogP contribution in [0.3, 0.4) is 0 Å². The third kappa shape index (κ3) is 2.81. The van der Waals surface area contributed by atoms with Gasteiger partial charge in [0.15, 0.2) is 0 Å². The third-order valence-electron chi connectivity index (χ3n) is 2.56. The van der Waals surface area contributed by atoms with Crippen LogP contribution in [-0.2, 0) is 6.42 Å². The van der Waals surface area contributed by atoms with Crippen molar-refractivity contribution < 1.29 is 4.39 Å². The van der Waals surface area contributed by atoms with E-state index in [0.29, 0.717) is 24.2 Å². The maximum absolute atomic E-state index is 13.6. The number of aromatic nitrogens is 2. The van der Waals surface area contributed by atoms with Gasteiger partial charge in [0, 0.05) is 11.8 Å². The fourth-order valence-electron chi connectivity index (χ4n) is 1.70. The van der Waals surface area contributed by atoms with Crippen LogP contribution >= 0.6 is 0 Å².